The van der Waals surface area contributed by atoms with E-state index in [4.69, 9.17) is 14.6 Å². The Morgan fingerprint density at radius 3 is 2.25 bits per heavy atom. The third-order valence-corrected chi connectivity index (χ3v) is 6.55. The number of unbranched alkanes of at least 4 members (excludes halogenated alkanes) is 1. The summed E-state index contributed by atoms with van der Waals surface area (Å²) in [6.45, 7) is 3.83. The quantitative estimate of drug-likeness (QED) is 0.126. The highest BCUT2D eigenvalue weighted by Gasteiger charge is 2.14. The summed E-state index contributed by atoms with van der Waals surface area (Å²) < 4.78 is 13.6. The number of fused-ring (bicyclic) bond motifs is 1. The first-order chi connectivity index (χ1) is 19.4. The number of hydrogen-bond donors (Lipinski definition) is 2. The minimum absolute atomic E-state index is 0.0651. The second-order valence-corrected chi connectivity index (χ2v) is 9.78. The molecule has 0 amide bonds. The highest BCUT2D eigenvalue weighted by Crippen LogP contribution is 2.28. The van der Waals surface area contributed by atoms with Gasteiger partial charge in [-0.05, 0) is 78.8 Å². The Morgan fingerprint density at radius 2 is 1.55 bits per heavy atom. The van der Waals surface area contributed by atoms with E-state index < -0.39 is 11.9 Å². The summed E-state index contributed by atoms with van der Waals surface area (Å²) in [5.41, 5.74) is 4.71. The van der Waals surface area contributed by atoms with E-state index in [-0.39, 0.29) is 12.8 Å². The van der Waals surface area contributed by atoms with Crippen LogP contribution in [-0.4, -0.2) is 39.9 Å². The summed E-state index contributed by atoms with van der Waals surface area (Å²) in [4.78, 5) is 22.5. The Bertz CT molecular complexity index is 1470. The zero-order chi connectivity index (χ0) is 28.3. The molecule has 0 fully saturated rings. The van der Waals surface area contributed by atoms with Crippen LogP contribution in [0, 0.1) is 6.92 Å². The van der Waals surface area contributed by atoms with Crippen LogP contribution in [0.1, 0.15) is 47.9 Å². The number of aryl methyl sites for hydroxylation is 2. The Kier molecular flexibility index (Phi) is 9.99. The maximum Gasteiger partial charge on any atom is 0.307 e. The predicted octanol–water partition coefficient (Wildman–Crippen LogP) is 6.85. The lowest BCUT2D eigenvalue weighted by molar-refractivity contribution is -0.137. The number of benzene rings is 3. The standard InChI is InChI=1S/C33H35NO6/c1-24-7-4-9-29(21-24)40-20-3-2-19-39-28-16-13-25(14-17-28)12-15-26-8-5-10-30-33(26)27(22-32(37)38)23-34(30)18-6-11-31(35)36/h4-5,7-10,12-17,21,23H,2-3,6,11,18-20,22H2,1H3,(H,35,36)(H,37,38)/b15-12+. The molecule has 0 aliphatic heterocycles. The molecule has 1 aromatic heterocycles. The molecule has 7 nitrogen and oxygen atoms in total. The van der Waals surface area contributed by atoms with Gasteiger partial charge in [-0.25, -0.2) is 0 Å². The SMILES string of the molecule is Cc1cccc(OCCCCOc2ccc(/C=C/c3cccc4c3c(CC(=O)O)cn4CCCC(=O)O)cc2)c1. The molecule has 0 spiro atoms. The molecule has 7 heteroatoms. The molecule has 0 bridgehead atoms. The second-order valence-electron chi connectivity index (χ2n) is 9.78. The van der Waals surface area contributed by atoms with E-state index in [9.17, 15) is 14.7 Å². The van der Waals surface area contributed by atoms with Crippen molar-refractivity contribution < 1.29 is 29.3 Å². The first kappa shape index (κ1) is 28.5. The fourth-order valence-corrected chi connectivity index (χ4v) is 4.64. The molecule has 0 aliphatic carbocycles. The van der Waals surface area contributed by atoms with Crippen LogP contribution < -0.4 is 9.47 Å². The normalized spacial score (nSPS) is 11.2. The van der Waals surface area contributed by atoms with Gasteiger partial charge in [0.2, 0.25) is 0 Å². The molecular formula is C33H35NO6. The van der Waals surface area contributed by atoms with Crippen LogP contribution in [0.3, 0.4) is 0 Å². The van der Waals surface area contributed by atoms with Gasteiger partial charge in [0.25, 0.3) is 0 Å². The molecule has 3 aromatic carbocycles. The molecule has 4 aromatic rings. The first-order valence-electron chi connectivity index (χ1n) is 13.5. The van der Waals surface area contributed by atoms with Gasteiger partial charge in [-0.1, -0.05) is 48.6 Å². The molecule has 0 aliphatic rings. The van der Waals surface area contributed by atoms with Crippen molar-refractivity contribution >= 4 is 35.0 Å². The number of hydrogen-bond acceptors (Lipinski definition) is 4. The predicted molar refractivity (Wildman–Crippen MR) is 157 cm³/mol. The minimum Gasteiger partial charge on any atom is -0.494 e. The van der Waals surface area contributed by atoms with Crippen molar-refractivity contribution in [1.82, 2.24) is 4.57 Å². The van der Waals surface area contributed by atoms with E-state index in [0.717, 1.165) is 46.4 Å². The molecule has 40 heavy (non-hydrogen) atoms. The summed E-state index contributed by atoms with van der Waals surface area (Å²) in [5, 5.41) is 19.3. The average Bonchev–Trinajstić information content (AvgIpc) is 3.27. The zero-order valence-corrected chi connectivity index (χ0v) is 22.7. The van der Waals surface area contributed by atoms with E-state index in [1.807, 2.05) is 96.6 Å². The first-order valence-corrected chi connectivity index (χ1v) is 13.5. The summed E-state index contributed by atoms with van der Waals surface area (Å²) in [6.07, 6.45) is 8.05. The van der Waals surface area contributed by atoms with Crippen molar-refractivity contribution in [3.8, 4) is 11.5 Å². The van der Waals surface area contributed by atoms with Gasteiger partial charge in [-0.2, -0.15) is 0 Å². The topological polar surface area (TPSA) is 98.0 Å². The lowest BCUT2D eigenvalue weighted by atomic mass is 10.0. The number of nitrogens with zero attached hydrogens (tertiary/aromatic N) is 1. The number of carboxylic acids is 2. The van der Waals surface area contributed by atoms with Crippen molar-refractivity contribution in [2.75, 3.05) is 13.2 Å². The number of ether oxygens (including phenoxy) is 2. The average molecular weight is 542 g/mol. The van der Waals surface area contributed by atoms with Gasteiger partial charge in [0, 0.05) is 30.1 Å². The Morgan fingerprint density at radius 1 is 0.825 bits per heavy atom. The molecule has 0 unspecified atom stereocenters. The van der Waals surface area contributed by atoms with Crippen LogP contribution in [0.4, 0.5) is 0 Å². The summed E-state index contributed by atoms with van der Waals surface area (Å²) in [7, 11) is 0. The fraction of sp³-hybridized carbons (Fsp3) is 0.273. The van der Waals surface area contributed by atoms with Crippen molar-refractivity contribution in [2.24, 2.45) is 0 Å². The van der Waals surface area contributed by atoms with Crippen LogP contribution in [0.15, 0.2) is 72.9 Å². The molecule has 2 N–H and O–H groups in total. The highest BCUT2D eigenvalue weighted by molar-refractivity contribution is 5.96. The molecular weight excluding hydrogens is 506 g/mol. The number of carbonyl (C=O) groups is 2. The molecule has 0 saturated carbocycles. The van der Waals surface area contributed by atoms with Crippen molar-refractivity contribution in [3.63, 3.8) is 0 Å². The minimum atomic E-state index is -0.905. The van der Waals surface area contributed by atoms with Crippen LogP contribution >= 0.6 is 0 Å². The fourth-order valence-electron chi connectivity index (χ4n) is 4.64. The summed E-state index contributed by atoms with van der Waals surface area (Å²) >= 11 is 0. The van der Waals surface area contributed by atoms with Gasteiger partial charge in [0.1, 0.15) is 11.5 Å². The van der Waals surface area contributed by atoms with Crippen LogP contribution in [-0.2, 0) is 22.6 Å². The van der Waals surface area contributed by atoms with E-state index >= 15 is 0 Å². The zero-order valence-electron chi connectivity index (χ0n) is 22.7. The van der Waals surface area contributed by atoms with Gasteiger partial charge in [0.15, 0.2) is 0 Å². The molecule has 0 saturated heterocycles. The van der Waals surface area contributed by atoms with Gasteiger partial charge in [-0.3, -0.25) is 9.59 Å². The Labute approximate surface area is 234 Å². The van der Waals surface area contributed by atoms with Crippen LogP contribution in [0.5, 0.6) is 11.5 Å². The third-order valence-electron chi connectivity index (χ3n) is 6.55. The lowest BCUT2D eigenvalue weighted by Gasteiger charge is -2.08. The highest BCUT2D eigenvalue weighted by atomic mass is 16.5. The largest absolute Gasteiger partial charge is 0.494 e. The van der Waals surface area contributed by atoms with E-state index in [1.165, 1.54) is 5.56 Å². The molecule has 208 valence electrons. The number of aliphatic carboxylic acids is 2. The maximum atomic E-state index is 11.5. The van der Waals surface area contributed by atoms with Crippen LogP contribution in [0.25, 0.3) is 23.1 Å². The van der Waals surface area contributed by atoms with E-state index in [2.05, 4.69) is 0 Å². The monoisotopic (exact) mass is 541 g/mol. The second kappa shape index (κ2) is 14.0. The molecule has 0 radical (unpaired) electrons. The Hall–Kier alpha value is -4.52. The van der Waals surface area contributed by atoms with Gasteiger partial charge < -0.3 is 24.3 Å². The van der Waals surface area contributed by atoms with Gasteiger partial charge in [-0.15, -0.1) is 0 Å². The molecule has 0 atom stereocenters. The van der Waals surface area contributed by atoms with Crippen molar-refractivity contribution in [3.05, 3.63) is 95.2 Å². The van der Waals surface area contributed by atoms with Crippen molar-refractivity contribution in [2.45, 2.75) is 45.6 Å². The number of carboxylic acid groups (broad SMARTS) is 2. The van der Waals surface area contributed by atoms with E-state index in [1.54, 1.807) is 0 Å². The third kappa shape index (κ3) is 8.24. The number of rotatable bonds is 15. The van der Waals surface area contributed by atoms with Gasteiger partial charge >= 0.3 is 11.9 Å². The molecule has 4 rings (SSSR count). The summed E-state index contributed by atoms with van der Waals surface area (Å²) in [6, 6.07) is 21.7. The number of aromatic nitrogens is 1. The molecule has 1 heterocycles. The smallest absolute Gasteiger partial charge is 0.307 e. The van der Waals surface area contributed by atoms with Crippen molar-refractivity contribution in [1.29, 1.82) is 0 Å². The maximum absolute atomic E-state index is 11.5. The lowest BCUT2D eigenvalue weighted by Crippen LogP contribution is -2.02. The summed E-state index contributed by atoms with van der Waals surface area (Å²) in [5.74, 6) is -0.0447. The Balaban J connectivity index is 1.34. The van der Waals surface area contributed by atoms with E-state index in [0.29, 0.717) is 31.7 Å². The van der Waals surface area contributed by atoms with Crippen LogP contribution in [0.2, 0.25) is 0 Å². The van der Waals surface area contributed by atoms with Gasteiger partial charge in [0.05, 0.1) is 19.6 Å².